The van der Waals surface area contributed by atoms with Crippen LogP contribution in [0, 0.1) is 5.92 Å². The fourth-order valence-corrected chi connectivity index (χ4v) is 3.64. The molecule has 3 aromatic carbocycles. The highest BCUT2D eigenvalue weighted by Gasteiger charge is 2.27. The summed E-state index contributed by atoms with van der Waals surface area (Å²) in [6.07, 6.45) is 0.511. The van der Waals surface area contributed by atoms with Crippen molar-refractivity contribution < 1.29 is 28.6 Å². The highest BCUT2D eigenvalue weighted by atomic mass is 16.5. The molecular formula is C27H26N2O6. The second-order valence-electron chi connectivity index (χ2n) is 7.96. The average molecular weight is 475 g/mol. The van der Waals surface area contributed by atoms with E-state index in [1.54, 1.807) is 48.5 Å². The van der Waals surface area contributed by atoms with Crippen molar-refractivity contribution in [3.8, 4) is 11.5 Å². The Morgan fingerprint density at radius 1 is 0.914 bits per heavy atom. The predicted molar refractivity (Wildman–Crippen MR) is 131 cm³/mol. The van der Waals surface area contributed by atoms with Crippen LogP contribution in [0.2, 0.25) is 0 Å². The smallest absolute Gasteiger partial charge is 0.313 e. The van der Waals surface area contributed by atoms with Gasteiger partial charge in [0.2, 0.25) is 0 Å². The molecule has 0 bridgehead atoms. The van der Waals surface area contributed by atoms with Crippen molar-refractivity contribution in [2.75, 3.05) is 30.5 Å². The summed E-state index contributed by atoms with van der Waals surface area (Å²) in [4.78, 5) is 37.0. The van der Waals surface area contributed by atoms with Gasteiger partial charge < -0.3 is 24.8 Å². The number of anilines is 2. The van der Waals surface area contributed by atoms with Gasteiger partial charge in [0, 0.05) is 16.9 Å². The van der Waals surface area contributed by atoms with Crippen LogP contribution in [0.5, 0.6) is 11.5 Å². The normalized spacial score (nSPS) is 14.1. The molecule has 2 N–H and O–H groups in total. The predicted octanol–water partition coefficient (Wildman–Crippen LogP) is 4.07. The Kier molecular flexibility index (Phi) is 7.62. The van der Waals surface area contributed by atoms with Gasteiger partial charge in [-0.15, -0.1) is 0 Å². The van der Waals surface area contributed by atoms with Gasteiger partial charge in [0.25, 0.3) is 11.8 Å². The molecule has 1 atom stereocenters. The molecular weight excluding hydrogens is 448 g/mol. The van der Waals surface area contributed by atoms with Crippen LogP contribution in [0.25, 0.3) is 0 Å². The summed E-state index contributed by atoms with van der Waals surface area (Å²) in [6.45, 7) is 2.29. The molecule has 0 saturated heterocycles. The molecule has 2 amide bonds. The first-order chi connectivity index (χ1) is 17.0. The minimum Gasteiger partial charge on any atom is -0.494 e. The largest absolute Gasteiger partial charge is 0.494 e. The van der Waals surface area contributed by atoms with Crippen LogP contribution in [-0.4, -0.2) is 37.6 Å². The van der Waals surface area contributed by atoms with Crippen molar-refractivity contribution in [2.24, 2.45) is 5.92 Å². The van der Waals surface area contributed by atoms with E-state index in [0.29, 0.717) is 30.0 Å². The number of hydrogen-bond donors (Lipinski definition) is 2. The summed E-state index contributed by atoms with van der Waals surface area (Å²) in [7, 11) is 0. The number of amides is 2. The number of carbonyl (C=O) groups is 3. The highest BCUT2D eigenvalue weighted by molar-refractivity contribution is 6.04. The second-order valence-corrected chi connectivity index (χ2v) is 7.96. The van der Waals surface area contributed by atoms with Crippen LogP contribution >= 0.6 is 0 Å². The summed E-state index contributed by atoms with van der Waals surface area (Å²) in [5.74, 6) is -0.180. The van der Waals surface area contributed by atoms with Crippen molar-refractivity contribution in [1.29, 1.82) is 0 Å². The molecule has 3 aromatic rings. The van der Waals surface area contributed by atoms with E-state index in [0.717, 1.165) is 17.1 Å². The van der Waals surface area contributed by atoms with Crippen molar-refractivity contribution >= 4 is 29.2 Å². The molecule has 0 fully saturated rings. The molecule has 8 nitrogen and oxygen atoms in total. The molecule has 4 rings (SSSR count). The van der Waals surface area contributed by atoms with E-state index in [1.165, 1.54) is 0 Å². The van der Waals surface area contributed by atoms with Gasteiger partial charge >= 0.3 is 5.97 Å². The number of fused-ring (bicyclic) bond motifs is 1. The maximum absolute atomic E-state index is 12.5. The van der Waals surface area contributed by atoms with Crippen LogP contribution in [0.15, 0.2) is 72.8 Å². The molecule has 0 radical (unpaired) electrons. The minimum absolute atomic E-state index is 0.220. The van der Waals surface area contributed by atoms with Gasteiger partial charge in [-0.25, -0.2) is 0 Å². The van der Waals surface area contributed by atoms with Crippen LogP contribution in [-0.2, 0) is 20.7 Å². The molecule has 1 aliphatic rings. The molecule has 8 heteroatoms. The number of para-hydroxylation sites is 1. The van der Waals surface area contributed by atoms with E-state index in [9.17, 15) is 14.4 Å². The second kappa shape index (κ2) is 11.2. The Balaban J connectivity index is 1.23. The summed E-state index contributed by atoms with van der Waals surface area (Å²) in [5, 5.41) is 5.47. The molecule has 35 heavy (non-hydrogen) atoms. The Labute approximate surface area is 203 Å². The van der Waals surface area contributed by atoms with Crippen LogP contribution < -0.4 is 20.1 Å². The summed E-state index contributed by atoms with van der Waals surface area (Å²) in [6, 6.07) is 21.0. The Hall–Kier alpha value is -4.33. The highest BCUT2D eigenvalue weighted by Crippen LogP contribution is 2.27. The van der Waals surface area contributed by atoms with Crippen LogP contribution in [0.4, 0.5) is 11.4 Å². The molecule has 0 aromatic heterocycles. The van der Waals surface area contributed by atoms with Crippen LogP contribution in [0.3, 0.4) is 0 Å². The van der Waals surface area contributed by atoms with E-state index >= 15 is 0 Å². The number of carbonyl (C=O) groups excluding carboxylic acids is 3. The SMILES string of the molecule is CCOc1ccc(NC(=O)c2ccc(NC(=O)COC(=O)C3COc4ccccc4C3)cc2)cc1. The number of nitrogens with one attached hydrogen (secondary N) is 2. The Morgan fingerprint density at radius 2 is 1.60 bits per heavy atom. The molecule has 1 aliphatic heterocycles. The molecule has 0 spiro atoms. The number of esters is 1. The fraction of sp³-hybridized carbons (Fsp3) is 0.222. The van der Waals surface area contributed by atoms with Crippen molar-refractivity contribution in [2.45, 2.75) is 13.3 Å². The zero-order valence-corrected chi connectivity index (χ0v) is 19.3. The number of hydrogen-bond acceptors (Lipinski definition) is 6. The lowest BCUT2D eigenvalue weighted by atomic mass is 9.97. The van der Waals surface area contributed by atoms with E-state index in [2.05, 4.69) is 10.6 Å². The first-order valence-electron chi connectivity index (χ1n) is 11.3. The molecule has 0 saturated carbocycles. The standard InChI is InChI=1S/C27H26N2O6/c1-2-33-23-13-11-22(12-14-23)29-26(31)18-7-9-21(10-8-18)28-25(30)17-35-27(32)20-15-19-5-3-4-6-24(19)34-16-20/h3-14,20H,2,15-17H2,1H3,(H,28,30)(H,29,31). The monoisotopic (exact) mass is 474 g/mol. The third-order valence-corrected chi connectivity index (χ3v) is 5.41. The summed E-state index contributed by atoms with van der Waals surface area (Å²) < 4.78 is 16.2. The van der Waals surface area contributed by atoms with Crippen molar-refractivity contribution in [3.05, 3.63) is 83.9 Å². The number of ether oxygens (including phenoxy) is 3. The summed E-state index contributed by atoms with van der Waals surface area (Å²) in [5.41, 5.74) is 2.50. The van der Waals surface area contributed by atoms with Gasteiger partial charge in [-0.1, -0.05) is 18.2 Å². The topological polar surface area (TPSA) is 103 Å². The summed E-state index contributed by atoms with van der Waals surface area (Å²) >= 11 is 0. The lowest BCUT2D eigenvalue weighted by molar-refractivity contribution is -0.152. The number of rotatable bonds is 8. The molecule has 1 unspecified atom stereocenters. The van der Waals surface area contributed by atoms with Gasteiger partial charge in [-0.2, -0.15) is 0 Å². The maximum atomic E-state index is 12.5. The van der Waals surface area contributed by atoms with Gasteiger partial charge in [0.15, 0.2) is 6.61 Å². The average Bonchev–Trinajstić information content (AvgIpc) is 2.88. The third kappa shape index (κ3) is 6.38. The van der Waals surface area contributed by atoms with Crippen LogP contribution in [0.1, 0.15) is 22.8 Å². The molecule has 0 aliphatic carbocycles. The van der Waals surface area contributed by atoms with Crippen molar-refractivity contribution in [1.82, 2.24) is 0 Å². The quantitative estimate of drug-likeness (QED) is 0.477. The zero-order chi connectivity index (χ0) is 24.6. The Bertz CT molecular complexity index is 1190. The lowest BCUT2D eigenvalue weighted by Gasteiger charge is -2.23. The van der Waals surface area contributed by atoms with Gasteiger partial charge in [-0.05, 0) is 73.5 Å². The van der Waals surface area contributed by atoms with E-state index in [4.69, 9.17) is 14.2 Å². The minimum atomic E-state index is -0.476. The lowest BCUT2D eigenvalue weighted by Crippen LogP contribution is -2.31. The van der Waals surface area contributed by atoms with Gasteiger partial charge in [0.1, 0.15) is 18.1 Å². The van der Waals surface area contributed by atoms with Crippen molar-refractivity contribution in [3.63, 3.8) is 0 Å². The maximum Gasteiger partial charge on any atom is 0.313 e. The third-order valence-electron chi connectivity index (χ3n) is 5.41. The first kappa shape index (κ1) is 23.8. The number of benzene rings is 3. The zero-order valence-electron chi connectivity index (χ0n) is 19.3. The van der Waals surface area contributed by atoms with Gasteiger partial charge in [0.05, 0.1) is 12.5 Å². The molecule has 180 valence electrons. The van der Waals surface area contributed by atoms with Gasteiger partial charge in [-0.3, -0.25) is 14.4 Å². The van der Waals surface area contributed by atoms with E-state index in [1.807, 2.05) is 31.2 Å². The van der Waals surface area contributed by atoms with E-state index < -0.39 is 24.4 Å². The van der Waals surface area contributed by atoms with E-state index in [-0.39, 0.29) is 12.5 Å². The fourth-order valence-electron chi connectivity index (χ4n) is 3.64. The Morgan fingerprint density at radius 3 is 2.34 bits per heavy atom. The first-order valence-corrected chi connectivity index (χ1v) is 11.3. The molecule has 1 heterocycles.